The number of alkyl halides is 3. The van der Waals surface area contributed by atoms with Crippen LogP contribution in [0.15, 0.2) is 35.5 Å². The summed E-state index contributed by atoms with van der Waals surface area (Å²) < 4.78 is 55.8. The van der Waals surface area contributed by atoms with Gasteiger partial charge in [-0.15, -0.1) is 0 Å². The molecule has 0 amide bonds. The van der Waals surface area contributed by atoms with Gasteiger partial charge in [0.05, 0.1) is 20.8 Å². The standard InChI is InChI=1S/C17H10Cl4F4N2O/c18-11-4-10(5-12(19)15(11)20)16(17(23,24)25)6-14(27-28-16)8-1-2-13(22)9(3-8)7-26-21/h1-5,26H,6-7H2. The second kappa shape index (κ2) is 7.88. The van der Waals surface area contributed by atoms with E-state index >= 15 is 0 Å². The molecule has 1 aliphatic heterocycles. The molecule has 0 radical (unpaired) electrons. The minimum absolute atomic E-state index is 0.0182. The molecule has 1 N–H and O–H groups in total. The quantitative estimate of drug-likeness (QED) is 0.306. The van der Waals surface area contributed by atoms with Gasteiger partial charge in [0.15, 0.2) is 0 Å². The highest BCUT2D eigenvalue weighted by Gasteiger charge is 2.62. The molecule has 0 saturated carbocycles. The van der Waals surface area contributed by atoms with Crippen LogP contribution in [0.2, 0.25) is 15.1 Å². The Morgan fingerprint density at radius 1 is 1.11 bits per heavy atom. The zero-order chi connectivity index (χ0) is 20.7. The predicted molar refractivity (Wildman–Crippen MR) is 101 cm³/mol. The summed E-state index contributed by atoms with van der Waals surface area (Å²) in [5.41, 5.74) is -2.74. The highest BCUT2D eigenvalue weighted by molar-refractivity contribution is 6.48. The van der Waals surface area contributed by atoms with Gasteiger partial charge in [-0.25, -0.2) is 9.23 Å². The van der Waals surface area contributed by atoms with Crippen LogP contribution in [0.5, 0.6) is 0 Å². The van der Waals surface area contributed by atoms with E-state index in [0.717, 1.165) is 18.2 Å². The third-order valence-corrected chi connectivity index (χ3v) is 5.60. The molecule has 0 fully saturated rings. The third kappa shape index (κ3) is 3.78. The fourth-order valence-corrected chi connectivity index (χ4v) is 3.55. The van der Waals surface area contributed by atoms with E-state index in [1.807, 2.05) is 0 Å². The summed E-state index contributed by atoms with van der Waals surface area (Å²) in [5.74, 6) is -0.560. The molecule has 0 bridgehead atoms. The van der Waals surface area contributed by atoms with Crippen molar-refractivity contribution in [1.82, 2.24) is 4.84 Å². The van der Waals surface area contributed by atoms with Crippen molar-refractivity contribution < 1.29 is 22.4 Å². The van der Waals surface area contributed by atoms with Crippen LogP contribution in [0.1, 0.15) is 23.1 Å². The number of hydrogen-bond acceptors (Lipinski definition) is 3. The van der Waals surface area contributed by atoms with Crippen LogP contribution in [0.3, 0.4) is 0 Å². The molecule has 0 aromatic heterocycles. The van der Waals surface area contributed by atoms with Crippen LogP contribution in [-0.4, -0.2) is 11.9 Å². The van der Waals surface area contributed by atoms with Crippen LogP contribution in [0.4, 0.5) is 17.6 Å². The zero-order valence-electron chi connectivity index (χ0n) is 13.7. The zero-order valence-corrected chi connectivity index (χ0v) is 16.7. The Bertz CT molecular complexity index is 928. The van der Waals surface area contributed by atoms with Crippen LogP contribution >= 0.6 is 46.6 Å². The average molecular weight is 476 g/mol. The van der Waals surface area contributed by atoms with Gasteiger partial charge < -0.3 is 4.84 Å². The van der Waals surface area contributed by atoms with Gasteiger partial charge in [-0.05, 0) is 41.6 Å². The van der Waals surface area contributed by atoms with Gasteiger partial charge >= 0.3 is 6.18 Å². The van der Waals surface area contributed by atoms with Crippen LogP contribution < -0.4 is 4.84 Å². The Morgan fingerprint density at radius 2 is 1.75 bits per heavy atom. The molecular weight excluding hydrogens is 466 g/mol. The number of nitrogens with zero attached hydrogens (tertiary/aromatic N) is 1. The first-order valence-electron chi connectivity index (χ1n) is 7.68. The fraction of sp³-hybridized carbons (Fsp3) is 0.235. The third-order valence-electron chi connectivity index (χ3n) is 4.27. The fourth-order valence-electron chi connectivity index (χ4n) is 2.81. The van der Waals surface area contributed by atoms with E-state index in [2.05, 4.69) is 9.99 Å². The number of halogens is 8. The molecular formula is C17H10Cl4F4N2O. The van der Waals surface area contributed by atoms with E-state index < -0.39 is 24.0 Å². The van der Waals surface area contributed by atoms with E-state index in [1.165, 1.54) is 12.1 Å². The van der Waals surface area contributed by atoms with Gasteiger partial charge in [0.1, 0.15) is 5.82 Å². The first-order valence-corrected chi connectivity index (χ1v) is 9.19. The van der Waals surface area contributed by atoms with Crippen LogP contribution in [-0.2, 0) is 17.0 Å². The number of nitrogens with one attached hydrogen (secondary N) is 1. The second-order valence-corrected chi connectivity index (χ2v) is 7.46. The first kappa shape index (κ1) is 21.5. The Kier molecular flexibility index (Phi) is 6.04. The van der Waals surface area contributed by atoms with E-state index in [1.54, 1.807) is 0 Å². The lowest BCUT2D eigenvalue weighted by atomic mass is 9.86. The van der Waals surface area contributed by atoms with Crippen molar-refractivity contribution in [3.8, 4) is 0 Å². The maximum absolute atomic E-state index is 14.0. The van der Waals surface area contributed by atoms with E-state index in [-0.39, 0.29) is 44.0 Å². The number of oxime groups is 1. The highest BCUT2D eigenvalue weighted by atomic mass is 35.5. The molecule has 1 atom stereocenters. The minimum Gasteiger partial charge on any atom is -0.374 e. The van der Waals surface area contributed by atoms with Crippen LogP contribution in [0, 0.1) is 5.82 Å². The Morgan fingerprint density at radius 3 is 2.32 bits per heavy atom. The highest BCUT2D eigenvalue weighted by Crippen LogP contribution is 2.50. The molecule has 28 heavy (non-hydrogen) atoms. The van der Waals surface area contributed by atoms with E-state index in [0.29, 0.717) is 0 Å². The van der Waals surface area contributed by atoms with E-state index in [9.17, 15) is 17.6 Å². The van der Waals surface area contributed by atoms with Gasteiger partial charge in [0.25, 0.3) is 5.60 Å². The lowest BCUT2D eigenvalue weighted by molar-refractivity contribution is -0.275. The summed E-state index contributed by atoms with van der Waals surface area (Å²) in [6.07, 6.45) is -5.51. The molecule has 11 heteroatoms. The monoisotopic (exact) mass is 474 g/mol. The molecule has 1 heterocycles. The largest absolute Gasteiger partial charge is 0.435 e. The Balaban J connectivity index is 2.03. The van der Waals surface area contributed by atoms with Crippen molar-refractivity contribution in [3.63, 3.8) is 0 Å². The molecule has 2 aromatic carbocycles. The normalized spacial score (nSPS) is 19.5. The van der Waals surface area contributed by atoms with Gasteiger partial charge in [-0.3, -0.25) is 0 Å². The molecule has 0 aliphatic carbocycles. The molecule has 1 unspecified atom stereocenters. The average Bonchev–Trinajstić information content (AvgIpc) is 3.08. The van der Waals surface area contributed by atoms with Crippen molar-refractivity contribution in [2.24, 2.45) is 5.16 Å². The molecule has 150 valence electrons. The summed E-state index contributed by atoms with van der Waals surface area (Å²) in [4.78, 5) is 7.17. The van der Waals surface area contributed by atoms with Crippen LogP contribution in [0.25, 0.3) is 0 Å². The lowest BCUT2D eigenvalue weighted by Crippen LogP contribution is -2.42. The van der Waals surface area contributed by atoms with Crippen molar-refractivity contribution in [3.05, 3.63) is 67.9 Å². The Hall–Kier alpha value is -1.25. The first-order chi connectivity index (χ1) is 13.1. The maximum Gasteiger partial charge on any atom is 0.435 e. The summed E-state index contributed by atoms with van der Waals surface area (Å²) in [6.45, 7) is -0.0256. The summed E-state index contributed by atoms with van der Waals surface area (Å²) in [7, 11) is 0. The summed E-state index contributed by atoms with van der Waals surface area (Å²) >= 11 is 23.0. The van der Waals surface area contributed by atoms with Gasteiger partial charge in [0.2, 0.25) is 0 Å². The number of rotatable bonds is 4. The number of benzene rings is 2. The second-order valence-electron chi connectivity index (χ2n) is 6.00. The molecule has 3 rings (SSSR count). The smallest absolute Gasteiger partial charge is 0.374 e. The summed E-state index contributed by atoms with van der Waals surface area (Å²) in [5, 5.41) is 3.25. The Labute approximate surface area is 177 Å². The molecule has 1 aliphatic rings. The van der Waals surface area contributed by atoms with Gasteiger partial charge in [-0.1, -0.05) is 46.0 Å². The molecule has 2 aromatic rings. The minimum atomic E-state index is -4.85. The van der Waals surface area contributed by atoms with E-state index in [4.69, 9.17) is 51.4 Å². The molecule has 3 nitrogen and oxygen atoms in total. The summed E-state index contributed by atoms with van der Waals surface area (Å²) in [6, 6.07) is 5.85. The van der Waals surface area contributed by atoms with Crippen molar-refractivity contribution >= 4 is 52.3 Å². The lowest BCUT2D eigenvalue weighted by Gasteiger charge is -2.30. The van der Waals surface area contributed by atoms with Crippen molar-refractivity contribution in [2.75, 3.05) is 0 Å². The predicted octanol–water partition coefficient (Wildman–Crippen LogP) is 6.61. The topological polar surface area (TPSA) is 33.6 Å². The van der Waals surface area contributed by atoms with Crippen molar-refractivity contribution in [1.29, 1.82) is 0 Å². The maximum atomic E-state index is 14.0. The molecule has 0 saturated heterocycles. The number of hydrogen-bond donors (Lipinski definition) is 1. The van der Waals surface area contributed by atoms with Gasteiger partial charge in [-0.2, -0.15) is 13.2 Å². The molecule has 0 spiro atoms. The SMILES string of the molecule is Fc1ccc(C2=NOC(c3cc(Cl)c(Cl)c(Cl)c3)(C(F)(F)F)C2)cc1CNCl. The van der Waals surface area contributed by atoms with Crippen molar-refractivity contribution in [2.45, 2.75) is 24.7 Å². The van der Waals surface area contributed by atoms with Gasteiger partial charge in [0, 0.05) is 24.1 Å².